The molecule has 8 heteroatoms. The predicted molar refractivity (Wildman–Crippen MR) is 107 cm³/mol. The van der Waals surface area contributed by atoms with E-state index in [0.29, 0.717) is 26.2 Å². The normalized spacial score (nSPS) is 16.6. The third kappa shape index (κ3) is 4.63. The highest BCUT2D eigenvalue weighted by molar-refractivity contribution is 7.86. The second-order valence-corrected chi connectivity index (χ2v) is 8.48. The summed E-state index contributed by atoms with van der Waals surface area (Å²) >= 11 is 0. The van der Waals surface area contributed by atoms with Gasteiger partial charge in [0.25, 0.3) is 10.2 Å². The van der Waals surface area contributed by atoms with Crippen molar-refractivity contribution in [1.29, 1.82) is 0 Å². The fourth-order valence-corrected chi connectivity index (χ4v) is 5.06. The number of hydrogen-bond donors (Lipinski definition) is 1. The van der Waals surface area contributed by atoms with Gasteiger partial charge in [0.1, 0.15) is 11.6 Å². The molecule has 2 aromatic heterocycles. The van der Waals surface area contributed by atoms with Crippen LogP contribution in [0.15, 0.2) is 42.6 Å². The smallest absolute Gasteiger partial charge is 0.281 e. The van der Waals surface area contributed by atoms with Crippen molar-refractivity contribution < 1.29 is 8.42 Å². The monoisotopic (exact) mass is 389 g/mol. The lowest BCUT2D eigenvalue weighted by atomic mass is 9.94. The molecule has 0 atom stereocenters. The molecular weight excluding hydrogens is 362 g/mol. The molecule has 0 amide bonds. The number of nitrogens with zero attached hydrogens (tertiary/aromatic N) is 4. The second-order valence-electron chi connectivity index (χ2n) is 6.55. The van der Waals surface area contributed by atoms with Crippen molar-refractivity contribution in [2.24, 2.45) is 0 Å². The first-order chi connectivity index (χ1) is 13.0. The lowest BCUT2D eigenvalue weighted by Gasteiger charge is -2.34. The predicted octanol–water partition coefficient (Wildman–Crippen LogP) is 2.99. The van der Waals surface area contributed by atoms with E-state index in [1.807, 2.05) is 50.2 Å². The van der Waals surface area contributed by atoms with Gasteiger partial charge in [-0.1, -0.05) is 26.0 Å². The fourth-order valence-electron chi connectivity index (χ4n) is 3.41. The molecule has 1 aliphatic heterocycles. The minimum Gasteiger partial charge on any atom is -0.325 e. The van der Waals surface area contributed by atoms with Crippen LogP contribution in [0.1, 0.15) is 38.3 Å². The fraction of sp³-hybridized carbons (Fsp3) is 0.474. The molecule has 7 nitrogen and oxygen atoms in total. The zero-order valence-corrected chi connectivity index (χ0v) is 16.7. The highest BCUT2D eigenvalue weighted by Gasteiger charge is 2.32. The number of anilines is 2. The molecule has 0 spiro atoms. The van der Waals surface area contributed by atoms with E-state index in [0.717, 1.165) is 30.2 Å². The van der Waals surface area contributed by atoms with Crippen LogP contribution in [0, 0.1) is 0 Å². The van der Waals surface area contributed by atoms with Crippen LogP contribution in [-0.2, 0) is 10.2 Å². The molecule has 1 aliphatic rings. The van der Waals surface area contributed by atoms with Crippen molar-refractivity contribution in [1.82, 2.24) is 18.6 Å². The Bertz CT molecular complexity index is 832. The van der Waals surface area contributed by atoms with Gasteiger partial charge >= 0.3 is 0 Å². The number of piperidine rings is 1. The lowest BCUT2D eigenvalue weighted by Crippen LogP contribution is -2.46. The van der Waals surface area contributed by atoms with Crippen LogP contribution >= 0.6 is 0 Å². The summed E-state index contributed by atoms with van der Waals surface area (Å²) < 4.78 is 28.5. The van der Waals surface area contributed by atoms with Gasteiger partial charge in [-0.05, 0) is 37.1 Å². The Balaban J connectivity index is 1.65. The Kier molecular flexibility index (Phi) is 6.41. The number of rotatable bonds is 7. The summed E-state index contributed by atoms with van der Waals surface area (Å²) in [5.74, 6) is 1.77. The first-order valence-corrected chi connectivity index (χ1v) is 10.8. The third-order valence-corrected chi connectivity index (χ3v) is 7.11. The molecular formula is C19H27N5O2S. The molecule has 3 rings (SSSR count). The molecule has 0 aromatic carbocycles. The van der Waals surface area contributed by atoms with Crippen molar-refractivity contribution in [3.8, 4) is 0 Å². The standard InChI is InChI=1S/C19H27N5O2S/c1-3-23(4-2)27(25,26)24-14-11-16(12-15-24)17-8-7-10-19(21-17)22-18-9-5-6-13-20-18/h5-10,13,16H,3-4,11-12,14-15H2,1-2H3,(H,20,21,22). The Morgan fingerprint density at radius 1 is 1.07 bits per heavy atom. The van der Waals surface area contributed by atoms with Crippen molar-refractivity contribution in [3.05, 3.63) is 48.3 Å². The molecule has 1 saturated heterocycles. The second kappa shape index (κ2) is 8.77. The van der Waals surface area contributed by atoms with E-state index >= 15 is 0 Å². The number of aromatic nitrogens is 2. The van der Waals surface area contributed by atoms with E-state index in [2.05, 4.69) is 10.3 Å². The molecule has 0 aliphatic carbocycles. The molecule has 0 unspecified atom stereocenters. The molecule has 0 bridgehead atoms. The first kappa shape index (κ1) is 19.7. The van der Waals surface area contributed by atoms with Crippen LogP contribution in [0.5, 0.6) is 0 Å². The minimum atomic E-state index is -3.35. The van der Waals surface area contributed by atoms with Crippen LogP contribution < -0.4 is 5.32 Å². The van der Waals surface area contributed by atoms with Gasteiger partial charge in [0.2, 0.25) is 0 Å². The summed E-state index contributed by atoms with van der Waals surface area (Å²) in [6, 6.07) is 11.6. The number of nitrogens with one attached hydrogen (secondary N) is 1. The Morgan fingerprint density at radius 2 is 1.78 bits per heavy atom. The molecule has 27 heavy (non-hydrogen) atoms. The van der Waals surface area contributed by atoms with Crippen molar-refractivity contribution in [2.45, 2.75) is 32.6 Å². The average molecular weight is 390 g/mol. The maximum atomic E-state index is 12.7. The van der Waals surface area contributed by atoms with E-state index in [1.54, 1.807) is 10.5 Å². The molecule has 3 heterocycles. The van der Waals surface area contributed by atoms with E-state index in [9.17, 15) is 8.42 Å². The maximum absolute atomic E-state index is 12.7. The molecule has 2 aromatic rings. The quantitative estimate of drug-likeness (QED) is 0.788. The first-order valence-electron chi connectivity index (χ1n) is 9.44. The van der Waals surface area contributed by atoms with Crippen LogP contribution in [-0.4, -0.2) is 53.2 Å². The van der Waals surface area contributed by atoms with Gasteiger partial charge in [0, 0.05) is 44.0 Å². The third-order valence-electron chi connectivity index (χ3n) is 4.92. The van der Waals surface area contributed by atoms with Crippen LogP contribution in [0.4, 0.5) is 11.6 Å². The summed E-state index contributed by atoms with van der Waals surface area (Å²) in [4.78, 5) is 8.97. The Morgan fingerprint density at radius 3 is 2.41 bits per heavy atom. The SMILES string of the molecule is CCN(CC)S(=O)(=O)N1CCC(c2cccc(Nc3ccccn3)n2)CC1. The summed E-state index contributed by atoms with van der Waals surface area (Å²) in [6.07, 6.45) is 3.29. The zero-order valence-electron chi connectivity index (χ0n) is 15.9. The largest absolute Gasteiger partial charge is 0.325 e. The molecule has 1 N–H and O–H groups in total. The van der Waals surface area contributed by atoms with Crippen molar-refractivity contribution >= 4 is 21.8 Å². The van der Waals surface area contributed by atoms with E-state index in [4.69, 9.17) is 4.98 Å². The van der Waals surface area contributed by atoms with Crippen molar-refractivity contribution in [3.63, 3.8) is 0 Å². The van der Waals surface area contributed by atoms with Crippen molar-refractivity contribution in [2.75, 3.05) is 31.5 Å². The molecule has 0 radical (unpaired) electrons. The zero-order chi connectivity index (χ0) is 19.3. The van der Waals surface area contributed by atoms with E-state index in [1.165, 1.54) is 4.31 Å². The summed E-state index contributed by atoms with van der Waals surface area (Å²) in [5.41, 5.74) is 0.996. The van der Waals surface area contributed by atoms with Gasteiger partial charge in [-0.25, -0.2) is 9.97 Å². The highest BCUT2D eigenvalue weighted by atomic mass is 32.2. The van der Waals surface area contributed by atoms with Gasteiger partial charge in [-0.15, -0.1) is 0 Å². The summed E-state index contributed by atoms with van der Waals surface area (Å²) in [6.45, 7) is 5.81. The Hall–Kier alpha value is -2.03. The highest BCUT2D eigenvalue weighted by Crippen LogP contribution is 2.29. The van der Waals surface area contributed by atoms with E-state index in [-0.39, 0.29) is 5.92 Å². The van der Waals surface area contributed by atoms with Gasteiger partial charge in [0.05, 0.1) is 0 Å². The van der Waals surface area contributed by atoms with Crippen LogP contribution in [0.2, 0.25) is 0 Å². The van der Waals surface area contributed by atoms with Gasteiger partial charge < -0.3 is 5.32 Å². The Labute approximate surface area is 161 Å². The average Bonchev–Trinajstić information content (AvgIpc) is 2.70. The lowest BCUT2D eigenvalue weighted by molar-refractivity contribution is 0.289. The van der Waals surface area contributed by atoms with Crippen LogP contribution in [0.25, 0.3) is 0 Å². The molecule has 146 valence electrons. The maximum Gasteiger partial charge on any atom is 0.281 e. The molecule has 0 saturated carbocycles. The molecule has 1 fully saturated rings. The van der Waals surface area contributed by atoms with Gasteiger partial charge in [-0.3, -0.25) is 0 Å². The minimum absolute atomic E-state index is 0.263. The number of hydrogen-bond acceptors (Lipinski definition) is 5. The topological polar surface area (TPSA) is 78.4 Å². The van der Waals surface area contributed by atoms with Gasteiger partial charge in [0.15, 0.2) is 0 Å². The summed E-state index contributed by atoms with van der Waals surface area (Å²) in [7, 11) is -3.35. The van der Waals surface area contributed by atoms with Gasteiger partial charge in [-0.2, -0.15) is 17.0 Å². The summed E-state index contributed by atoms with van der Waals surface area (Å²) in [5, 5.41) is 3.21. The van der Waals surface area contributed by atoms with Crippen LogP contribution in [0.3, 0.4) is 0 Å². The number of pyridine rings is 2. The van der Waals surface area contributed by atoms with E-state index < -0.39 is 10.2 Å².